The molecule has 0 N–H and O–H groups in total. The summed E-state index contributed by atoms with van der Waals surface area (Å²) in [5, 5.41) is 2.55. The van der Waals surface area contributed by atoms with E-state index in [-0.39, 0.29) is 16.2 Å². The van der Waals surface area contributed by atoms with Crippen LogP contribution in [0.15, 0.2) is 127 Å². The summed E-state index contributed by atoms with van der Waals surface area (Å²) in [5.74, 6) is 3.44. The normalized spacial score (nSPS) is 26.7. The highest BCUT2D eigenvalue weighted by Gasteiger charge is 2.61. The van der Waals surface area contributed by atoms with Crippen molar-refractivity contribution in [1.29, 1.82) is 0 Å². The summed E-state index contributed by atoms with van der Waals surface area (Å²) in [5.41, 5.74) is 16.1. The standard InChI is InChI=1S/C52H51N/c1-50(2)25-26-51(3,4)49-42(15-10-17-47(49)50)36-19-21-39(22-20-36)53(48-18-9-12-35-11-5-6-13-41(35)48)40-23-24-46-44(32-40)43-14-7-8-16-45(43)52(46)37-28-33-27-34(30-37)31-38(52)29-33/h5-24,32-34,37-38H,25-31H2,1-4H3. The van der Waals surface area contributed by atoms with Crippen LogP contribution in [0.25, 0.3) is 33.0 Å². The summed E-state index contributed by atoms with van der Waals surface area (Å²) in [6.45, 7) is 9.74. The molecule has 4 bridgehead atoms. The minimum Gasteiger partial charge on any atom is -0.310 e. The Kier molecular flexibility index (Phi) is 6.74. The zero-order chi connectivity index (χ0) is 35.7. The van der Waals surface area contributed by atoms with Gasteiger partial charge < -0.3 is 4.90 Å². The third-order valence-electron chi connectivity index (χ3n) is 15.1. The first-order chi connectivity index (χ1) is 25.7. The van der Waals surface area contributed by atoms with E-state index in [0.29, 0.717) is 0 Å². The van der Waals surface area contributed by atoms with Gasteiger partial charge in [-0.1, -0.05) is 125 Å². The SMILES string of the molecule is CC1(C)CCC(C)(C)c2c(-c3ccc(N(c4ccc5c(c4)-c4ccccc4C54C5CC6CC(C5)CC4C6)c4cccc5ccccc45)cc3)cccc21. The van der Waals surface area contributed by atoms with Crippen molar-refractivity contribution in [2.45, 2.75) is 88.9 Å². The van der Waals surface area contributed by atoms with Gasteiger partial charge in [-0.3, -0.25) is 0 Å². The Morgan fingerprint density at radius 1 is 0.491 bits per heavy atom. The highest BCUT2D eigenvalue weighted by atomic mass is 15.1. The van der Waals surface area contributed by atoms with Gasteiger partial charge in [0.25, 0.3) is 0 Å². The molecule has 0 amide bonds. The molecule has 0 aliphatic heterocycles. The molecule has 4 saturated carbocycles. The van der Waals surface area contributed by atoms with E-state index in [9.17, 15) is 0 Å². The Morgan fingerprint density at radius 2 is 1.09 bits per heavy atom. The van der Waals surface area contributed by atoms with Crippen LogP contribution in [0.3, 0.4) is 0 Å². The molecule has 6 aliphatic rings. The minimum atomic E-state index is 0.143. The van der Waals surface area contributed by atoms with Crippen molar-refractivity contribution in [3.63, 3.8) is 0 Å². The average molecular weight is 690 g/mol. The minimum absolute atomic E-state index is 0.143. The molecule has 6 aliphatic carbocycles. The predicted molar refractivity (Wildman–Crippen MR) is 223 cm³/mol. The van der Waals surface area contributed by atoms with E-state index in [4.69, 9.17) is 0 Å². The number of fused-ring (bicyclic) bond motifs is 5. The molecule has 0 atom stereocenters. The van der Waals surface area contributed by atoms with Crippen molar-refractivity contribution in [2.75, 3.05) is 4.90 Å². The third kappa shape index (κ3) is 4.49. The second kappa shape index (κ2) is 11.2. The van der Waals surface area contributed by atoms with Gasteiger partial charge in [0.15, 0.2) is 0 Å². The Bertz CT molecular complexity index is 2390. The van der Waals surface area contributed by atoms with Crippen molar-refractivity contribution in [1.82, 2.24) is 0 Å². The highest BCUT2D eigenvalue weighted by molar-refractivity contribution is 5.99. The molecule has 12 rings (SSSR count). The van der Waals surface area contributed by atoms with Gasteiger partial charge in [0.2, 0.25) is 0 Å². The van der Waals surface area contributed by atoms with Gasteiger partial charge in [-0.15, -0.1) is 0 Å². The molecule has 0 aromatic heterocycles. The summed E-state index contributed by atoms with van der Waals surface area (Å²) in [6.07, 6.45) is 9.57. The largest absolute Gasteiger partial charge is 0.310 e. The van der Waals surface area contributed by atoms with Crippen LogP contribution < -0.4 is 4.90 Å². The van der Waals surface area contributed by atoms with Gasteiger partial charge in [-0.25, -0.2) is 0 Å². The fourth-order valence-corrected chi connectivity index (χ4v) is 12.9. The molecule has 1 nitrogen and oxygen atoms in total. The van der Waals surface area contributed by atoms with E-state index in [1.165, 1.54) is 106 Å². The molecule has 0 saturated heterocycles. The van der Waals surface area contributed by atoms with Gasteiger partial charge in [-0.2, -0.15) is 0 Å². The van der Waals surface area contributed by atoms with E-state index in [1.807, 2.05) is 0 Å². The van der Waals surface area contributed by atoms with E-state index in [1.54, 1.807) is 11.1 Å². The van der Waals surface area contributed by atoms with Crippen LogP contribution in [0.5, 0.6) is 0 Å². The van der Waals surface area contributed by atoms with E-state index >= 15 is 0 Å². The van der Waals surface area contributed by atoms with Crippen molar-refractivity contribution in [3.8, 4) is 22.3 Å². The zero-order valence-electron chi connectivity index (χ0n) is 31.8. The summed E-state index contributed by atoms with van der Waals surface area (Å²) < 4.78 is 0. The molecule has 0 unspecified atom stereocenters. The van der Waals surface area contributed by atoms with Crippen molar-refractivity contribution in [2.24, 2.45) is 23.7 Å². The molecule has 264 valence electrons. The number of hydrogen-bond donors (Lipinski definition) is 0. The topological polar surface area (TPSA) is 3.24 Å². The van der Waals surface area contributed by atoms with Gasteiger partial charge in [0, 0.05) is 22.2 Å². The maximum atomic E-state index is 2.57. The first-order valence-corrected chi connectivity index (χ1v) is 20.5. The number of nitrogens with zero attached hydrogens (tertiary/aromatic N) is 1. The lowest BCUT2D eigenvalue weighted by atomic mass is 9.43. The Morgan fingerprint density at radius 3 is 1.89 bits per heavy atom. The summed E-state index contributed by atoms with van der Waals surface area (Å²) >= 11 is 0. The summed E-state index contributed by atoms with van der Waals surface area (Å²) in [4.78, 5) is 2.53. The van der Waals surface area contributed by atoms with E-state index in [0.717, 1.165) is 23.7 Å². The molecule has 1 heteroatoms. The van der Waals surface area contributed by atoms with Crippen LogP contribution in [0.4, 0.5) is 17.1 Å². The smallest absolute Gasteiger partial charge is 0.0540 e. The predicted octanol–water partition coefficient (Wildman–Crippen LogP) is 14.0. The average Bonchev–Trinajstić information content (AvgIpc) is 3.46. The van der Waals surface area contributed by atoms with E-state index in [2.05, 4.69) is 160 Å². The number of hydrogen-bond acceptors (Lipinski definition) is 1. The van der Waals surface area contributed by atoms with Crippen LogP contribution in [0, 0.1) is 23.7 Å². The van der Waals surface area contributed by atoms with Gasteiger partial charge in [0.1, 0.15) is 0 Å². The molecule has 0 heterocycles. The lowest BCUT2D eigenvalue weighted by molar-refractivity contribution is -0.0399. The first-order valence-electron chi connectivity index (χ1n) is 20.5. The molecule has 1 spiro atoms. The lowest BCUT2D eigenvalue weighted by Gasteiger charge is -2.61. The summed E-state index contributed by atoms with van der Waals surface area (Å²) in [7, 11) is 0. The zero-order valence-corrected chi connectivity index (χ0v) is 31.8. The van der Waals surface area contributed by atoms with Crippen molar-refractivity contribution >= 4 is 27.8 Å². The Labute approximate surface area is 316 Å². The quantitative estimate of drug-likeness (QED) is 0.178. The molecular weight excluding hydrogens is 639 g/mol. The Balaban J connectivity index is 1.08. The van der Waals surface area contributed by atoms with Gasteiger partial charge >= 0.3 is 0 Å². The van der Waals surface area contributed by atoms with E-state index < -0.39 is 0 Å². The van der Waals surface area contributed by atoms with Crippen LogP contribution in [0.1, 0.15) is 94.9 Å². The van der Waals surface area contributed by atoms with Crippen LogP contribution in [-0.4, -0.2) is 0 Å². The van der Waals surface area contributed by atoms with Gasteiger partial charge in [-0.05, 0) is 160 Å². The fraction of sp³-hybridized carbons (Fsp3) is 0.346. The fourth-order valence-electron chi connectivity index (χ4n) is 12.9. The van der Waals surface area contributed by atoms with Crippen molar-refractivity contribution < 1.29 is 0 Å². The molecular formula is C52H51N. The highest BCUT2D eigenvalue weighted by Crippen LogP contribution is 2.69. The Hall–Kier alpha value is -4.62. The van der Waals surface area contributed by atoms with Crippen LogP contribution >= 0.6 is 0 Å². The molecule has 6 aromatic rings. The first kappa shape index (κ1) is 31.9. The lowest BCUT2D eigenvalue weighted by Crippen LogP contribution is -2.55. The number of rotatable bonds is 4. The molecule has 4 fully saturated rings. The number of benzene rings is 6. The summed E-state index contributed by atoms with van der Waals surface area (Å²) in [6, 6.07) is 49.3. The second-order valence-corrected chi connectivity index (χ2v) is 18.8. The molecule has 6 aromatic carbocycles. The maximum absolute atomic E-state index is 2.57. The van der Waals surface area contributed by atoms with Crippen LogP contribution in [-0.2, 0) is 16.2 Å². The monoisotopic (exact) mass is 689 g/mol. The number of anilines is 3. The second-order valence-electron chi connectivity index (χ2n) is 18.8. The van der Waals surface area contributed by atoms with Gasteiger partial charge in [0.05, 0.1) is 5.69 Å². The third-order valence-corrected chi connectivity index (χ3v) is 15.1. The molecule has 0 radical (unpaired) electrons. The van der Waals surface area contributed by atoms with Crippen molar-refractivity contribution in [3.05, 3.63) is 150 Å². The maximum Gasteiger partial charge on any atom is 0.0540 e. The van der Waals surface area contributed by atoms with Crippen LogP contribution in [0.2, 0.25) is 0 Å². The molecule has 53 heavy (non-hydrogen) atoms.